The maximum atomic E-state index is 12.9. The normalized spacial score (nSPS) is 15.2. The molecule has 1 aromatic rings. The molecule has 2 rings (SSSR count). The number of carboxylic acid groups (broad SMARTS) is 1. The van der Waals surface area contributed by atoms with Gasteiger partial charge < -0.3 is 16.2 Å². The summed E-state index contributed by atoms with van der Waals surface area (Å²) in [5.41, 5.74) is 3.04. The van der Waals surface area contributed by atoms with Crippen LogP contribution in [0.4, 0.5) is 26.3 Å². The van der Waals surface area contributed by atoms with Crippen molar-refractivity contribution in [2.45, 2.75) is 31.9 Å². The molecule has 1 heterocycles. The lowest BCUT2D eigenvalue weighted by Gasteiger charge is -2.22. The first-order chi connectivity index (χ1) is 13.1. The van der Waals surface area contributed by atoms with E-state index < -0.39 is 24.0 Å². The average molecular weight is 428 g/mol. The number of hydrogen-bond donors (Lipinski definition) is 3. The zero-order valence-corrected chi connectivity index (χ0v) is 15.2. The molecule has 0 radical (unpaired) electrons. The highest BCUT2D eigenvalue weighted by molar-refractivity contribution is 5.94. The van der Waals surface area contributed by atoms with Gasteiger partial charge in [0.25, 0.3) is 5.91 Å². The summed E-state index contributed by atoms with van der Waals surface area (Å²) >= 11 is 0. The van der Waals surface area contributed by atoms with Gasteiger partial charge in [-0.05, 0) is 24.1 Å². The van der Waals surface area contributed by atoms with Gasteiger partial charge in [-0.3, -0.25) is 4.79 Å². The van der Waals surface area contributed by atoms with Crippen LogP contribution in [0.5, 0.6) is 0 Å². The molecule has 7 nitrogen and oxygen atoms in total. The number of benzene rings is 1. The molecule has 0 atom stereocenters. The van der Waals surface area contributed by atoms with Gasteiger partial charge in [0.05, 0.1) is 0 Å². The molecule has 13 heteroatoms. The molecular weight excluding hydrogens is 410 g/mol. The summed E-state index contributed by atoms with van der Waals surface area (Å²) < 4.78 is 70.3. The van der Waals surface area contributed by atoms with Crippen LogP contribution in [0.2, 0.25) is 0 Å². The van der Waals surface area contributed by atoms with Crippen molar-refractivity contribution >= 4 is 11.9 Å². The standard InChI is InChI=1S/C14H17F3N4O.C2HF3O2/c1-12(2,7-18)8-19-11(22)9-3-5-10(6-4-9)13(20-21-13)14(15,16)17;3-2(4,5)1(6)7/h3-6H,7-8,18H2,1-2H3,(H,19,22);(H,6,7). The first-order valence-electron chi connectivity index (χ1n) is 7.95. The summed E-state index contributed by atoms with van der Waals surface area (Å²) in [7, 11) is 0. The minimum Gasteiger partial charge on any atom is -0.475 e. The van der Waals surface area contributed by atoms with Gasteiger partial charge in [-0.25, -0.2) is 4.79 Å². The summed E-state index contributed by atoms with van der Waals surface area (Å²) in [6.07, 6.45) is -9.65. The Morgan fingerprint density at radius 3 is 1.83 bits per heavy atom. The Balaban J connectivity index is 0.000000516. The Morgan fingerprint density at radius 2 is 1.52 bits per heavy atom. The number of nitrogens with two attached hydrogens (primary N) is 1. The third-order valence-electron chi connectivity index (χ3n) is 3.77. The maximum Gasteiger partial charge on any atom is 0.490 e. The number of nitrogens with one attached hydrogen (secondary N) is 1. The van der Waals surface area contributed by atoms with Gasteiger partial charge in [0.1, 0.15) is 0 Å². The number of carboxylic acids is 1. The topological polar surface area (TPSA) is 117 Å². The molecular formula is C16H18F6N4O3. The summed E-state index contributed by atoms with van der Waals surface area (Å²) in [6.45, 7) is 4.59. The van der Waals surface area contributed by atoms with Crippen molar-refractivity contribution in [3.05, 3.63) is 35.4 Å². The van der Waals surface area contributed by atoms with Crippen LogP contribution in [-0.2, 0) is 10.5 Å². The fraction of sp³-hybridized carbons (Fsp3) is 0.500. The molecule has 1 aliphatic rings. The number of rotatable bonds is 5. The Hall–Kier alpha value is -2.70. The second-order valence-electron chi connectivity index (χ2n) is 6.80. The molecule has 0 spiro atoms. The van der Waals surface area contributed by atoms with E-state index in [2.05, 4.69) is 15.5 Å². The van der Waals surface area contributed by atoms with Crippen molar-refractivity contribution in [2.75, 3.05) is 13.1 Å². The molecule has 29 heavy (non-hydrogen) atoms. The Kier molecular flexibility index (Phi) is 7.01. The molecule has 0 fully saturated rings. The lowest BCUT2D eigenvalue weighted by molar-refractivity contribution is -0.192. The van der Waals surface area contributed by atoms with Crippen molar-refractivity contribution in [3.63, 3.8) is 0 Å². The van der Waals surface area contributed by atoms with Gasteiger partial charge in [0.2, 0.25) is 0 Å². The smallest absolute Gasteiger partial charge is 0.475 e. The summed E-state index contributed by atoms with van der Waals surface area (Å²) in [6, 6.07) is 5.10. The predicted molar refractivity (Wildman–Crippen MR) is 87.9 cm³/mol. The molecule has 1 amide bonds. The minimum atomic E-state index is -5.08. The second-order valence-corrected chi connectivity index (χ2v) is 6.80. The zero-order valence-electron chi connectivity index (χ0n) is 15.2. The Bertz CT molecular complexity index is 766. The fourth-order valence-electron chi connectivity index (χ4n) is 1.79. The Morgan fingerprint density at radius 1 is 1.07 bits per heavy atom. The van der Waals surface area contributed by atoms with E-state index in [-0.39, 0.29) is 22.4 Å². The molecule has 0 bridgehead atoms. The third-order valence-corrected chi connectivity index (χ3v) is 3.77. The van der Waals surface area contributed by atoms with Crippen molar-refractivity contribution in [3.8, 4) is 0 Å². The number of amides is 1. The molecule has 1 aliphatic heterocycles. The Labute approximate surface area is 161 Å². The molecule has 162 valence electrons. The van der Waals surface area contributed by atoms with E-state index in [0.717, 1.165) is 0 Å². The minimum absolute atomic E-state index is 0.0983. The first-order valence-corrected chi connectivity index (χ1v) is 7.95. The third kappa shape index (κ3) is 6.41. The molecule has 0 aromatic heterocycles. The number of carbonyl (C=O) groups excluding carboxylic acids is 1. The maximum absolute atomic E-state index is 12.9. The molecule has 1 aromatic carbocycles. The lowest BCUT2D eigenvalue weighted by Crippen LogP contribution is -2.38. The average Bonchev–Trinajstić information content (AvgIpc) is 3.41. The van der Waals surface area contributed by atoms with Gasteiger partial charge in [-0.1, -0.05) is 26.0 Å². The van der Waals surface area contributed by atoms with Crippen LogP contribution in [0.25, 0.3) is 0 Å². The highest BCUT2D eigenvalue weighted by atomic mass is 19.4. The zero-order chi connectivity index (χ0) is 22.7. The van der Waals surface area contributed by atoms with Gasteiger partial charge in [-0.2, -0.15) is 26.3 Å². The van der Waals surface area contributed by atoms with E-state index in [1.807, 2.05) is 13.8 Å². The van der Waals surface area contributed by atoms with Crippen LogP contribution in [0, 0.1) is 5.41 Å². The molecule has 0 unspecified atom stereocenters. The van der Waals surface area contributed by atoms with E-state index >= 15 is 0 Å². The summed E-state index contributed by atoms with van der Waals surface area (Å²) in [4.78, 5) is 20.9. The highest BCUT2D eigenvalue weighted by Crippen LogP contribution is 2.52. The summed E-state index contributed by atoms with van der Waals surface area (Å²) in [5, 5.41) is 16.1. The first kappa shape index (κ1) is 24.3. The fourth-order valence-corrected chi connectivity index (χ4v) is 1.79. The number of halogens is 6. The molecule has 4 N–H and O–H groups in total. The van der Waals surface area contributed by atoms with Crippen LogP contribution in [0.15, 0.2) is 34.5 Å². The predicted octanol–water partition coefficient (Wildman–Crippen LogP) is 3.22. The highest BCUT2D eigenvalue weighted by Gasteiger charge is 2.65. The van der Waals surface area contributed by atoms with Gasteiger partial charge in [-0.15, -0.1) is 10.2 Å². The quantitative estimate of drug-likeness (QED) is 0.625. The van der Waals surface area contributed by atoms with E-state index in [1.54, 1.807) is 0 Å². The van der Waals surface area contributed by atoms with Crippen LogP contribution >= 0.6 is 0 Å². The van der Waals surface area contributed by atoms with Crippen molar-refractivity contribution < 1.29 is 41.0 Å². The number of carbonyl (C=O) groups is 2. The SMILES string of the molecule is CC(C)(CN)CNC(=O)c1ccc(C2(C(F)(F)F)N=N2)cc1.O=C(O)C(F)(F)F. The van der Waals surface area contributed by atoms with Crippen molar-refractivity contribution in [2.24, 2.45) is 21.4 Å². The van der Waals surface area contributed by atoms with Crippen molar-refractivity contribution in [1.82, 2.24) is 5.32 Å². The van der Waals surface area contributed by atoms with Gasteiger partial charge >= 0.3 is 24.0 Å². The number of aliphatic carboxylic acids is 1. The van der Waals surface area contributed by atoms with Crippen molar-refractivity contribution in [1.29, 1.82) is 0 Å². The van der Waals surface area contributed by atoms with Crippen LogP contribution in [0.1, 0.15) is 29.8 Å². The van der Waals surface area contributed by atoms with E-state index in [0.29, 0.717) is 13.1 Å². The van der Waals surface area contributed by atoms with E-state index in [9.17, 15) is 31.1 Å². The van der Waals surface area contributed by atoms with Gasteiger partial charge in [0.15, 0.2) is 0 Å². The summed E-state index contributed by atoms with van der Waals surface area (Å²) in [5.74, 6) is -3.12. The number of nitrogens with zero attached hydrogens (tertiary/aromatic N) is 2. The molecule has 0 saturated heterocycles. The van der Waals surface area contributed by atoms with Gasteiger partial charge in [0, 0.05) is 17.7 Å². The van der Waals surface area contributed by atoms with E-state index in [4.69, 9.17) is 15.6 Å². The van der Waals surface area contributed by atoms with Crippen LogP contribution in [-0.4, -0.2) is 42.4 Å². The van der Waals surface area contributed by atoms with Crippen LogP contribution < -0.4 is 11.1 Å². The largest absolute Gasteiger partial charge is 0.490 e. The second kappa shape index (κ2) is 8.35. The number of hydrogen-bond acceptors (Lipinski definition) is 5. The monoisotopic (exact) mass is 428 g/mol. The number of alkyl halides is 6. The molecule has 0 saturated carbocycles. The lowest BCUT2D eigenvalue weighted by atomic mass is 9.94. The molecule has 0 aliphatic carbocycles. The van der Waals surface area contributed by atoms with E-state index in [1.165, 1.54) is 24.3 Å². The van der Waals surface area contributed by atoms with Crippen LogP contribution in [0.3, 0.4) is 0 Å².